The average Bonchev–Trinajstić information content (AvgIpc) is 3.55. The van der Waals surface area contributed by atoms with Crippen molar-refractivity contribution < 1.29 is 58.8 Å². The highest BCUT2D eigenvalue weighted by Crippen LogP contribution is 2.21. The lowest BCUT2D eigenvalue weighted by Gasteiger charge is -2.33. The van der Waals surface area contributed by atoms with Gasteiger partial charge in [0.1, 0.15) is 0 Å². The topological polar surface area (TPSA) is 246 Å². The van der Waals surface area contributed by atoms with Crippen LogP contribution in [0.5, 0.6) is 0 Å². The zero-order valence-electron chi connectivity index (χ0n) is 37.7. The van der Waals surface area contributed by atoms with Gasteiger partial charge < -0.3 is 25.7 Å². The van der Waals surface area contributed by atoms with Crippen molar-refractivity contribution in [3.8, 4) is 0 Å². The molecule has 3 amide bonds. The highest BCUT2D eigenvalue weighted by Gasteiger charge is 2.32. The molecule has 0 radical (unpaired) electrons. The molecule has 360 valence electrons. The maximum Gasteiger partial charge on any atom is 0.317 e. The van der Waals surface area contributed by atoms with Crippen molar-refractivity contribution >= 4 is 76.2 Å². The van der Waals surface area contributed by atoms with Gasteiger partial charge in [-0.3, -0.25) is 62.9 Å². The largest absolute Gasteiger partial charge is 0.481 e. The quantitative estimate of drug-likeness (QED) is 0.0482. The highest BCUT2D eigenvalue weighted by atomic mass is 32.2. The van der Waals surface area contributed by atoms with Crippen molar-refractivity contribution in [2.75, 3.05) is 90.5 Å². The third-order valence-electron chi connectivity index (χ3n) is 11.5. The second kappa shape index (κ2) is 28.4. The maximum absolute atomic E-state index is 13.8. The third-order valence-corrected chi connectivity index (χ3v) is 12.5. The number of amides is 3. The molecule has 0 spiro atoms. The first kappa shape index (κ1) is 54.7. The molecule has 1 saturated heterocycles. The van der Waals surface area contributed by atoms with Gasteiger partial charge in [0.2, 0.25) is 5.91 Å². The summed E-state index contributed by atoms with van der Waals surface area (Å²) in [5.74, 6) is -6.76. The fourth-order valence-electron chi connectivity index (χ4n) is 7.85. The number of carboxylic acids is 4. The Balaban J connectivity index is 1.62. The number of unbranched alkanes of at least 4 members (excludes halogenated alkanes) is 1. The number of thiocarbonyl (C=S) groups is 1. The van der Waals surface area contributed by atoms with Crippen LogP contribution in [0.15, 0.2) is 36.4 Å². The highest BCUT2D eigenvalue weighted by molar-refractivity contribution is 7.98. The van der Waals surface area contributed by atoms with Crippen molar-refractivity contribution in [2.24, 2.45) is 17.8 Å². The van der Waals surface area contributed by atoms with Gasteiger partial charge in [-0.2, -0.15) is 11.8 Å². The van der Waals surface area contributed by atoms with Gasteiger partial charge in [-0.15, -0.1) is 0 Å². The maximum atomic E-state index is 13.8. The number of rotatable bonds is 27. The van der Waals surface area contributed by atoms with Crippen LogP contribution >= 0.6 is 24.0 Å². The van der Waals surface area contributed by atoms with E-state index in [1.54, 1.807) is 40.3 Å². The molecule has 2 aliphatic heterocycles. The van der Waals surface area contributed by atoms with E-state index in [1.165, 1.54) is 12.2 Å². The van der Waals surface area contributed by atoms with E-state index in [9.17, 15) is 58.8 Å². The van der Waals surface area contributed by atoms with Crippen molar-refractivity contribution in [3.63, 3.8) is 0 Å². The van der Waals surface area contributed by atoms with Gasteiger partial charge in [0.05, 0.1) is 31.6 Å². The van der Waals surface area contributed by atoms with Crippen molar-refractivity contribution in [1.29, 1.82) is 0 Å². The molecule has 2 aliphatic rings. The third kappa shape index (κ3) is 20.6. The van der Waals surface area contributed by atoms with Crippen LogP contribution < -0.4 is 5.32 Å². The predicted molar refractivity (Wildman–Crippen MR) is 249 cm³/mol. The van der Waals surface area contributed by atoms with Crippen LogP contribution in [0.2, 0.25) is 0 Å². The Hall–Kier alpha value is -4.60. The van der Waals surface area contributed by atoms with Gasteiger partial charge in [0.15, 0.2) is 5.78 Å². The molecule has 0 aromatic heterocycles. The number of nitrogens with one attached hydrogen (secondary N) is 1. The zero-order chi connectivity index (χ0) is 48.1. The number of thioether (sulfide) groups is 1. The fraction of sp³-hybridized carbons (Fsp3) is 0.622. The van der Waals surface area contributed by atoms with Gasteiger partial charge in [-0.1, -0.05) is 56.8 Å². The molecule has 20 heteroatoms. The molecule has 1 aromatic carbocycles. The monoisotopic (exact) mass is 946 g/mol. The minimum absolute atomic E-state index is 0.162. The fourth-order valence-corrected chi connectivity index (χ4v) is 8.74. The van der Waals surface area contributed by atoms with Crippen LogP contribution in [0.1, 0.15) is 63.5 Å². The first-order chi connectivity index (χ1) is 30.8. The number of hydrogen-bond acceptors (Lipinski definition) is 14. The lowest BCUT2D eigenvalue weighted by atomic mass is 9.89. The Bertz CT molecular complexity index is 1800. The van der Waals surface area contributed by atoms with E-state index in [-0.39, 0.29) is 56.6 Å². The number of aliphatic carboxylic acids is 4. The Morgan fingerprint density at radius 1 is 0.677 bits per heavy atom. The van der Waals surface area contributed by atoms with Crippen LogP contribution in [0.3, 0.4) is 0 Å². The zero-order valence-corrected chi connectivity index (χ0v) is 39.4. The lowest BCUT2D eigenvalue weighted by molar-refractivity contribution is -0.145. The van der Waals surface area contributed by atoms with E-state index in [4.69, 9.17) is 12.2 Å². The summed E-state index contributed by atoms with van der Waals surface area (Å²) >= 11 is 7.42. The number of ketones is 1. The Morgan fingerprint density at radius 3 is 1.60 bits per heavy atom. The number of carbonyl (C=O) groups excluding carboxylic acids is 4. The summed E-state index contributed by atoms with van der Waals surface area (Å²) in [6.45, 7) is 6.73. The van der Waals surface area contributed by atoms with E-state index >= 15 is 0 Å². The van der Waals surface area contributed by atoms with Crippen molar-refractivity contribution in [1.82, 2.24) is 29.8 Å². The summed E-state index contributed by atoms with van der Waals surface area (Å²) < 4.78 is 0. The van der Waals surface area contributed by atoms with E-state index in [0.717, 1.165) is 16.0 Å². The van der Waals surface area contributed by atoms with Crippen LogP contribution in [0.4, 0.5) is 0 Å². The number of benzene rings is 1. The molecule has 0 aliphatic carbocycles. The van der Waals surface area contributed by atoms with Gasteiger partial charge in [-0.05, 0) is 59.6 Å². The van der Waals surface area contributed by atoms with E-state index in [0.29, 0.717) is 102 Å². The molecule has 3 atom stereocenters. The number of carboxylic acid groups (broad SMARTS) is 4. The van der Waals surface area contributed by atoms with Gasteiger partial charge in [-0.25, -0.2) is 0 Å². The predicted octanol–water partition coefficient (Wildman–Crippen LogP) is 2.23. The Morgan fingerprint density at radius 2 is 1.15 bits per heavy atom. The van der Waals surface area contributed by atoms with Gasteiger partial charge in [0.25, 0.3) is 11.8 Å². The van der Waals surface area contributed by atoms with E-state index in [2.05, 4.69) is 10.2 Å². The number of hydrogen-bond donors (Lipinski definition) is 5. The molecule has 0 saturated carbocycles. The molecular weight excluding hydrogens is 881 g/mol. The first-order valence-corrected chi connectivity index (χ1v) is 23.9. The molecular formula is C45H66N6O12S2. The van der Waals surface area contributed by atoms with Crippen molar-refractivity contribution in [3.05, 3.63) is 47.5 Å². The normalized spacial score (nSPS) is 17.6. The molecule has 1 fully saturated rings. The minimum atomic E-state index is -1.13. The molecule has 1 aromatic rings. The SMILES string of the molecule is CSCCC(CC(=S)Cc1ccc(CN2CCN(CC(=O)O)CCN(CC(=O)O)CCN(CC(=O)O)CC2)cc1)C(=O)NC(C(=O)CC(CCCCN1C(=O)C=CC1=O)C(=O)O)C(C)C. The summed E-state index contributed by atoms with van der Waals surface area (Å²) in [5.41, 5.74) is 1.92. The first-order valence-electron chi connectivity index (χ1n) is 22.1. The molecule has 2 heterocycles. The van der Waals surface area contributed by atoms with Gasteiger partial charge >= 0.3 is 23.9 Å². The van der Waals surface area contributed by atoms with Crippen LogP contribution in [0, 0.1) is 17.8 Å². The summed E-state index contributed by atoms with van der Waals surface area (Å²) in [5, 5.41) is 41.4. The second-order valence-electron chi connectivity index (χ2n) is 17.1. The Labute approximate surface area is 390 Å². The molecule has 3 rings (SSSR count). The summed E-state index contributed by atoms with van der Waals surface area (Å²) in [6.07, 6.45) is 6.26. The average molecular weight is 947 g/mol. The molecule has 18 nitrogen and oxygen atoms in total. The summed E-state index contributed by atoms with van der Waals surface area (Å²) in [7, 11) is 0. The van der Waals surface area contributed by atoms with E-state index in [1.807, 2.05) is 30.5 Å². The number of Topliss-reactive ketones (excluding diaryl/α,β-unsaturated/α-hetero) is 1. The van der Waals surface area contributed by atoms with Crippen molar-refractivity contribution in [2.45, 2.75) is 71.4 Å². The number of carbonyl (C=O) groups is 8. The number of imide groups is 1. The summed E-state index contributed by atoms with van der Waals surface area (Å²) in [4.78, 5) is 107. The lowest BCUT2D eigenvalue weighted by Crippen LogP contribution is -2.48. The molecule has 65 heavy (non-hydrogen) atoms. The standard InChI is InChI=1S/C45H66N6O12S2/c1-31(2)43(37(52)26-35(45(62)63)6-4-5-14-51-38(53)11-12-39(51)54)46-44(61)34(13-23-65-3)25-36(64)24-32-7-9-33(10-8-32)27-47-15-17-48(28-40(55)56)19-21-50(30-42(59)60)22-20-49(18-16-47)29-41(57)58/h7-12,31,34-35,43H,4-6,13-30H2,1-3H3,(H,46,61)(H,55,56)(H,57,58)(H,59,60)(H,62,63). The van der Waals surface area contributed by atoms with Crippen LogP contribution in [0.25, 0.3) is 0 Å². The van der Waals surface area contributed by atoms with Crippen LogP contribution in [-0.2, 0) is 51.3 Å². The van der Waals surface area contributed by atoms with Crippen LogP contribution in [-0.4, -0.2) is 194 Å². The van der Waals surface area contributed by atoms with E-state index < -0.39 is 53.6 Å². The van der Waals surface area contributed by atoms with Gasteiger partial charge in [0, 0.05) is 96.4 Å². The molecule has 0 bridgehead atoms. The summed E-state index contributed by atoms with van der Waals surface area (Å²) in [6, 6.07) is 6.99. The molecule has 3 unspecified atom stereocenters. The minimum Gasteiger partial charge on any atom is -0.481 e. The Kier molecular flexibility index (Phi) is 23.9. The number of nitrogens with zero attached hydrogens (tertiary/aromatic N) is 5. The second-order valence-corrected chi connectivity index (χ2v) is 18.7. The smallest absolute Gasteiger partial charge is 0.317 e. The molecule has 5 N–H and O–H groups in total.